The van der Waals surface area contributed by atoms with Crippen molar-refractivity contribution in [3.05, 3.63) is 54.4 Å². The number of carbonyl (C=O) groups is 4. The molecule has 0 unspecified atom stereocenters. The maximum absolute atomic E-state index is 12.8. The van der Waals surface area contributed by atoms with Crippen molar-refractivity contribution in [3.8, 4) is 0 Å². The zero-order valence-electron chi connectivity index (χ0n) is 24.7. The first-order chi connectivity index (χ1) is 21.0. The van der Waals surface area contributed by atoms with Crippen molar-refractivity contribution < 1.29 is 37.5 Å². The highest BCUT2D eigenvalue weighted by Gasteiger charge is 2.38. The third-order valence-corrected chi connectivity index (χ3v) is 7.62. The normalized spacial score (nSPS) is 15.9. The molecule has 44 heavy (non-hydrogen) atoms. The van der Waals surface area contributed by atoms with Crippen LogP contribution < -0.4 is 15.5 Å². The number of amides is 3. The largest absolute Gasteiger partial charge is 0.490 e. The molecule has 1 aromatic heterocycles. The van der Waals surface area contributed by atoms with Crippen molar-refractivity contribution in [2.45, 2.75) is 50.7 Å². The van der Waals surface area contributed by atoms with Crippen LogP contribution in [0.5, 0.6) is 0 Å². The summed E-state index contributed by atoms with van der Waals surface area (Å²) in [7, 11) is 1.86. The molecule has 1 aliphatic carbocycles. The highest BCUT2D eigenvalue weighted by Crippen LogP contribution is 2.23. The summed E-state index contributed by atoms with van der Waals surface area (Å²) >= 11 is 0. The summed E-state index contributed by atoms with van der Waals surface area (Å²) in [6.07, 6.45) is 4.99. The summed E-state index contributed by atoms with van der Waals surface area (Å²) < 4.78 is 31.7. The van der Waals surface area contributed by atoms with E-state index in [1.54, 1.807) is 24.3 Å². The number of carboxylic acid groups (broad SMARTS) is 1. The summed E-state index contributed by atoms with van der Waals surface area (Å²) in [5, 5.41) is 12.4. The molecule has 0 spiro atoms. The van der Waals surface area contributed by atoms with Gasteiger partial charge in [0.1, 0.15) is 0 Å². The molecule has 14 heteroatoms. The Bertz CT molecular complexity index is 1230. The number of nitrogens with zero attached hydrogens (tertiary/aromatic N) is 4. The Morgan fingerprint density at radius 3 is 2.09 bits per heavy atom. The minimum atomic E-state index is -5.08. The molecule has 1 saturated heterocycles. The van der Waals surface area contributed by atoms with Gasteiger partial charge in [0.2, 0.25) is 0 Å². The number of carbonyl (C=O) groups excluding carboxylic acids is 3. The van der Waals surface area contributed by atoms with Crippen LogP contribution in [0.2, 0.25) is 0 Å². The standard InChI is InChI=1S/C28H38N6O3.C2HF3O2/c1-32(24-6-3-2-4-7-24)28(37)22-8-10-23(11-9-22)31-27(36)26(35)30-14-5-17-33-18-20-34(21-19-33)25-12-15-29-16-13-25;3-2(4,5)1(6)7/h8-13,15-16,24H,2-7,14,17-21H2,1H3,(H,30,35)(H,31,36);(H,6,7). The second-order valence-corrected chi connectivity index (χ2v) is 10.7. The van der Waals surface area contributed by atoms with Crippen LogP contribution in [-0.4, -0.2) is 102 Å². The number of hydrogen-bond donors (Lipinski definition) is 3. The zero-order chi connectivity index (χ0) is 32.1. The van der Waals surface area contributed by atoms with Gasteiger partial charge in [-0.1, -0.05) is 19.3 Å². The topological polar surface area (TPSA) is 135 Å². The fraction of sp³-hybridized carbons (Fsp3) is 0.500. The second-order valence-electron chi connectivity index (χ2n) is 10.7. The van der Waals surface area contributed by atoms with E-state index in [0.29, 0.717) is 23.8 Å². The number of halogens is 3. The smallest absolute Gasteiger partial charge is 0.475 e. The van der Waals surface area contributed by atoms with Crippen molar-refractivity contribution >= 4 is 35.1 Å². The number of nitrogens with one attached hydrogen (secondary N) is 2. The predicted molar refractivity (Wildman–Crippen MR) is 158 cm³/mol. The number of aliphatic carboxylic acids is 1. The summed E-state index contributed by atoms with van der Waals surface area (Å²) in [4.78, 5) is 56.8. The van der Waals surface area contributed by atoms with Crippen LogP contribution in [-0.2, 0) is 14.4 Å². The Labute approximate surface area is 254 Å². The molecule has 3 N–H and O–H groups in total. The molecule has 1 saturated carbocycles. The first-order valence-electron chi connectivity index (χ1n) is 14.6. The number of aromatic nitrogens is 1. The molecule has 240 valence electrons. The molecule has 0 bridgehead atoms. The van der Waals surface area contributed by atoms with Gasteiger partial charge in [0.25, 0.3) is 5.91 Å². The Kier molecular flexibility index (Phi) is 12.9. The van der Waals surface area contributed by atoms with Gasteiger partial charge >= 0.3 is 24.0 Å². The molecule has 1 aliphatic heterocycles. The lowest BCUT2D eigenvalue weighted by Gasteiger charge is -2.36. The maximum atomic E-state index is 12.8. The predicted octanol–water partition coefficient (Wildman–Crippen LogP) is 3.39. The number of alkyl halides is 3. The second kappa shape index (κ2) is 16.6. The Morgan fingerprint density at radius 2 is 1.52 bits per heavy atom. The summed E-state index contributed by atoms with van der Waals surface area (Å²) in [6, 6.07) is 11.1. The Hall–Kier alpha value is -4.20. The number of carboxylic acids is 1. The van der Waals surface area contributed by atoms with Gasteiger partial charge in [-0.15, -0.1) is 0 Å². The monoisotopic (exact) mass is 620 g/mol. The van der Waals surface area contributed by atoms with Crippen LogP contribution >= 0.6 is 0 Å². The van der Waals surface area contributed by atoms with Gasteiger partial charge in [-0.3, -0.25) is 24.3 Å². The fourth-order valence-corrected chi connectivity index (χ4v) is 5.09. The molecule has 4 rings (SSSR count). The zero-order valence-corrected chi connectivity index (χ0v) is 24.7. The SMILES string of the molecule is CN(C(=O)c1ccc(NC(=O)C(=O)NCCCN2CCN(c3ccncc3)CC2)cc1)C1CCCCC1.O=C(O)C(F)(F)F. The van der Waals surface area contributed by atoms with Gasteiger partial charge in [0.05, 0.1) is 0 Å². The van der Waals surface area contributed by atoms with Crippen LogP contribution in [0.1, 0.15) is 48.9 Å². The molecular formula is C30H39F3N6O5. The van der Waals surface area contributed by atoms with Crippen molar-refractivity contribution in [1.82, 2.24) is 20.1 Å². The lowest BCUT2D eigenvalue weighted by molar-refractivity contribution is -0.192. The lowest BCUT2D eigenvalue weighted by atomic mass is 9.94. The lowest BCUT2D eigenvalue weighted by Crippen LogP contribution is -2.47. The molecule has 2 fully saturated rings. The highest BCUT2D eigenvalue weighted by atomic mass is 19.4. The van der Waals surface area contributed by atoms with E-state index in [2.05, 4.69) is 25.4 Å². The van der Waals surface area contributed by atoms with E-state index in [1.165, 1.54) is 24.9 Å². The number of benzene rings is 1. The molecule has 1 aromatic carbocycles. The summed E-state index contributed by atoms with van der Waals surface area (Å²) in [6.45, 7) is 5.16. The van der Waals surface area contributed by atoms with Gasteiger partial charge in [-0.25, -0.2) is 4.79 Å². The van der Waals surface area contributed by atoms with Gasteiger partial charge in [-0.2, -0.15) is 13.2 Å². The number of anilines is 2. The van der Waals surface area contributed by atoms with Crippen LogP contribution in [0.3, 0.4) is 0 Å². The first-order valence-corrected chi connectivity index (χ1v) is 14.6. The summed E-state index contributed by atoms with van der Waals surface area (Å²) in [5.41, 5.74) is 2.27. The number of rotatable bonds is 8. The third-order valence-electron chi connectivity index (χ3n) is 7.62. The van der Waals surface area contributed by atoms with E-state index < -0.39 is 24.0 Å². The van der Waals surface area contributed by atoms with E-state index >= 15 is 0 Å². The van der Waals surface area contributed by atoms with Crippen LogP contribution in [0.25, 0.3) is 0 Å². The third kappa shape index (κ3) is 10.8. The first kappa shape index (κ1) is 34.3. The van der Waals surface area contributed by atoms with E-state index in [0.717, 1.165) is 52.0 Å². The number of piperazine rings is 1. The van der Waals surface area contributed by atoms with Crippen molar-refractivity contribution in [2.24, 2.45) is 0 Å². The number of pyridine rings is 1. The van der Waals surface area contributed by atoms with Crippen molar-refractivity contribution in [1.29, 1.82) is 0 Å². The molecular weight excluding hydrogens is 581 g/mol. The average Bonchev–Trinajstić information content (AvgIpc) is 3.03. The van der Waals surface area contributed by atoms with Crippen LogP contribution in [0.15, 0.2) is 48.8 Å². The quantitative estimate of drug-likeness (QED) is 0.302. The Balaban J connectivity index is 0.000000676. The van der Waals surface area contributed by atoms with E-state index in [1.807, 2.05) is 36.5 Å². The van der Waals surface area contributed by atoms with E-state index in [4.69, 9.17) is 9.90 Å². The Morgan fingerprint density at radius 1 is 0.932 bits per heavy atom. The average molecular weight is 621 g/mol. The van der Waals surface area contributed by atoms with E-state index in [9.17, 15) is 27.6 Å². The molecule has 11 nitrogen and oxygen atoms in total. The minimum absolute atomic E-state index is 0.0127. The number of hydrogen-bond acceptors (Lipinski definition) is 7. The fourth-order valence-electron chi connectivity index (χ4n) is 5.09. The van der Waals surface area contributed by atoms with Crippen molar-refractivity contribution in [3.63, 3.8) is 0 Å². The molecule has 0 radical (unpaired) electrons. The van der Waals surface area contributed by atoms with Gasteiger partial charge < -0.3 is 25.5 Å². The van der Waals surface area contributed by atoms with Gasteiger partial charge in [0.15, 0.2) is 0 Å². The molecule has 2 heterocycles. The molecule has 0 atom stereocenters. The summed E-state index contributed by atoms with van der Waals surface area (Å²) in [5.74, 6) is -4.13. The molecule has 3 amide bonds. The molecule has 2 aromatic rings. The molecule has 2 aliphatic rings. The maximum Gasteiger partial charge on any atom is 0.490 e. The van der Waals surface area contributed by atoms with E-state index in [-0.39, 0.29) is 5.91 Å². The van der Waals surface area contributed by atoms with Gasteiger partial charge in [0, 0.05) is 75.1 Å². The van der Waals surface area contributed by atoms with Crippen LogP contribution in [0, 0.1) is 0 Å². The minimum Gasteiger partial charge on any atom is -0.475 e. The van der Waals surface area contributed by atoms with Crippen molar-refractivity contribution in [2.75, 3.05) is 56.5 Å². The van der Waals surface area contributed by atoms with Gasteiger partial charge in [-0.05, 0) is 62.2 Å². The highest BCUT2D eigenvalue weighted by molar-refractivity contribution is 6.39. The van der Waals surface area contributed by atoms with Crippen LogP contribution in [0.4, 0.5) is 24.5 Å².